The molecule has 0 spiro atoms. The summed E-state index contributed by atoms with van der Waals surface area (Å²) in [7, 11) is 0. The number of nitro benzene ring substituents is 1. The fourth-order valence-corrected chi connectivity index (χ4v) is 1.11. The molecule has 0 aromatic heterocycles. The lowest BCUT2D eigenvalue weighted by atomic mass is 10.1. The lowest BCUT2D eigenvalue weighted by molar-refractivity contribution is -0.385. The van der Waals surface area contributed by atoms with E-state index < -0.39 is 17.5 Å². The quantitative estimate of drug-likeness (QED) is 0.550. The number of aliphatic hydroxyl groups excluding tert-OH is 1. The van der Waals surface area contributed by atoms with Crippen LogP contribution >= 0.6 is 0 Å². The van der Waals surface area contributed by atoms with E-state index in [-0.39, 0.29) is 16.8 Å². The zero-order valence-corrected chi connectivity index (χ0v) is 7.01. The predicted molar refractivity (Wildman–Crippen MR) is 46.0 cm³/mol. The smallest absolute Gasteiger partial charge is 0.336 e. The second-order valence-electron chi connectivity index (χ2n) is 2.52. The first-order valence-electron chi connectivity index (χ1n) is 3.68. The van der Waals surface area contributed by atoms with E-state index in [0.717, 1.165) is 6.07 Å². The maximum atomic E-state index is 10.6. The minimum atomic E-state index is -1.29. The van der Waals surface area contributed by atoms with Crippen molar-refractivity contribution in [1.82, 2.24) is 0 Å². The van der Waals surface area contributed by atoms with Crippen LogP contribution in [0.4, 0.5) is 5.69 Å². The Balaban J connectivity index is 3.39. The maximum Gasteiger partial charge on any atom is 0.336 e. The Hall–Kier alpha value is -1.95. The Morgan fingerprint density at radius 2 is 2.14 bits per heavy atom. The molecule has 0 bridgehead atoms. The first-order chi connectivity index (χ1) is 6.57. The minimum absolute atomic E-state index is 0.176. The third-order valence-corrected chi connectivity index (χ3v) is 1.74. The van der Waals surface area contributed by atoms with Crippen LogP contribution in [-0.2, 0) is 6.61 Å². The van der Waals surface area contributed by atoms with E-state index in [0.29, 0.717) is 0 Å². The average Bonchev–Trinajstić information content (AvgIpc) is 2.16. The largest absolute Gasteiger partial charge is 0.478 e. The van der Waals surface area contributed by atoms with Crippen molar-refractivity contribution >= 4 is 11.7 Å². The molecular formula is C8H7NO5. The van der Waals surface area contributed by atoms with Gasteiger partial charge in [-0.15, -0.1) is 0 Å². The fraction of sp³-hybridized carbons (Fsp3) is 0.125. The zero-order chi connectivity index (χ0) is 10.7. The highest BCUT2D eigenvalue weighted by molar-refractivity contribution is 5.90. The number of nitrogens with zero attached hydrogens (tertiary/aromatic N) is 1. The molecule has 14 heavy (non-hydrogen) atoms. The third kappa shape index (κ3) is 1.69. The summed E-state index contributed by atoms with van der Waals surface area (Å²) in [6.45, 7) is -0.668. The summed E-state index contributed by atoms with van der Waals surface area (Å²) in [4.78, 5) is 20.4. The van der Waals surface area contributed by atoms with Gasteiger partial charge >= 0.3 is 5.97 Å². The van der Waals surface area contributed by atoms with E-state index in [2.05, 4.69) is 0 Å². The van der Waals surface area contributed by atoms with Gasteiger partial charge in [0.1, 0.15) is 0 Å². The van der Waals surface area contributed by atoms with Gasteiger partial charge in [-0.2, -0.15) is 0 Å². The molecule has 6 nitrogen and oxygen atoms in total. The van der Waals surface area contributed by atoms with E-state index in [1.54, 1.807) is 0 Å². The fourth-order valence-electron chi connectivity index (χ4n) is 1.11. The van der Waals surface area contributed by atoms with Crippen LogP contribution in [0.25, 0.3) is 0 Å². The number of carboxylic acids is 1. The summed E-state index contributed by atoms with van der Waals surface area (Å²) in [5.74, 6) is -1.29. The second-order valence-corrected chi connectivity index (χ2v) is 2.52. The molecule has 6 heteroatoms. The van der Waals surface area contributed by atoms with Gasteiger partial charge in [0.2, 0.25) is 0 Å². The van der Waals surface area contributed by atoms with Gasteiger partial charge in [0.15, 0.2) is 0 Å². The SMILES string of the molecule is O=C(O)c1cccc([N+](=O)[O-])c1CO. The summed E-state index contributed by atoms with van der Waals surface area (Å²) < 4.78 is 0. The molecule has 1 aromatic rings. The Bertz CT molecular complexity index is 355. The van der Waals surface area contributed by atoms with Gasteiger partial charge in [0, 0.05) is 6.07 Å². The number of carbonyl (C=O) groups is 1. The molecule has 0 atom stereocenters. The van der Waals surface area contributed by atoms with Gasteiger partial charge in [-0.25, -0.2) is 4.79 Å². The van der Waals surface area contributed by atoms with Crippen LogP contribution in [0.3, 0.4) is 0 Å². The molecule has 0 saturated heterocycles. The zero-order valence-electron chi connectivity index (χ0n) is 7.01. The van der Waals surface area contributed by atoms with E-state index in [1.807, 2.05) is 0 Å². The number of hydrogen-bond acceptors (Lipinski definition) is 4. The predicted octanol–water partition coefficient (Wildman–Crippen LogP) is 0.785. The van der Waals surface area contributed by atoms with E-state index in [4.69, 9.17) is 10.2 Å². The normalized spacial score (nSPS) is 9.79. The lowest BCUT2D eigenvalue weighted by Crippen LogP contribution is -2.05. The average molecular weight is 197 g/mol. The van der Waals surface area contributed by atoms with E-state index in [9.17, 15) is 14.9 Å². The minimum Gasteiger partial charge on any atom is -0.478 e. The van der Waals surface area contributed by atoms with Crippen molar-refractivity contribution in [3.63, 3.8) is 0 Å². The van der Waals surface area contributed by atoms with Gasteiger partial charge < -0.3 is 10.2 Å². The summed E-state index contributed by atoms with van der Waals surface area (Å²) >= 11 is 0. The van der Waals surface area contributed by atoms with Gasteiger partial charge in [-0.3, -0.25) is 10.1 Å². The van der Waals surface area contributed by atoms with E-state index >= 15 is 0 Å². The number of hydrogen-bond donors (Lipinski definition) is 2. The molecule has 1 aromatic carbocycles. The molecule has 0 aliphatic rings. The van der Waals surface area contributed by atoms with Crippen molar-refractivity contribution in [3.8, 4) is 0 Å². The van der Waals surface area contributed by atoms with Gasteiger partial charge in [-0.05, 0) is 6.07 Å². The number of aliphatic hydroxyl groups is 1. The Labute approximate surface area is 78.6 Å². The molecule has 0 heterocycles. The number of nitro groups is 1. The molecular weight excluding hydrogens is 190 g/mol. The number of aromatic carboxylic acids is 1. The Kier molecular flexibility index (Phi) is 2.78. The highest BCUT2D eigenvalue weighted by Gasteiger charge is 2.19. The van der Waals surface area contributed by atoms with Crippen molar-refractivity contribution in [2.75, 3.05) is 0 Å². The maximum absolute atomic E-state index is 10.6. The first-order valence-corrected chi connectivity index (χ1v) is 3.68. The van der Waals surface area contributed by atoms with Gasteiger partial charge in [0.25, 0.3) is 5.69 Å². The monoisotopic (exact) mass is 197 g/mol. The number of benzene rings is 1. The van der Waals surface area contributed by atoms with Crippen LogP contribution in [0, 0.1) is 10.1 Å². The Morgan fingerprint density at radius 3 is 2.57 bits per heavy atom. The van der Waals surface area contributed by atoms with Crippen LogP contribution in [-0.4, -0.2) is 21.1 Å². The third-order valence-electron chi connectivity index (χ3n) is 1.74. The summed E-state index contributed by atoms with van der Waals surface area (Å²) in [6.07, 6.45) is 0. The standard InChI is InChI=1S/C8H7NO5/c10-4-6-5(8(11)12)2-1-3-7(6)9(13)14/h1-3,10H,4H2,(H,11,12). The molecule has 2 N–H and O–H groups in total. The number of carboxylic acid groups (broad SMARTS) is 1. The molecule has 0 unspecified atom stereocenters. The van der Waals surface area contributed by atoms with E-state index in [1.165, 1.54) is 12.1 Å². The highest BCUT2D eigenvalue weighted by Crippen LogP contribution is 2.22. The van der Waals surface area contributed by atoms with Crippen molar-refractivity contribution in [2.45, 2.75) is 6.61 Å². The molecule has 0 aliphatic carbocycles. The van der Waals surface area contributed by atoms with Gasteiger partial charge in [0.05, 0.1) is 22.7 Å². The van der Waals surface area contributed by atoms with Crippen molar-refractivity contribution in [3.05, 3.63) is 39.4 Å². The summed E-state index contributed by atoms with van der Waals surface area (Å²) in [5.41, 5.74) is -0.806. The second kappa shape index (κ2) is 3.84. The number of rotatable bonds is 3. The van der Waals surface area contributed by atoms with Crippen molar-refractivity contribution in [1.29, 1.82) is 0 Å². The molecule has 0 radical (unpaired) electrons. The lowest BCUT2D eigenvalue weighted by Gasteiger charge is -2.02. The molecule has 1 rings (SSSR count). The van der Waals surface area contributed by atoms with Crippen LogP contribution in [0.15, 0.2) is 18.2 Å². The first kappa shape index (κ1) is 10.1. The molecule has 0 saturated carbocycles. The molecule has 74 valence electrons. The molecule has 0 aliphatic heterocycles. The van der Waals surface area contributed by atoms with Crippen LogP contribution in [0.1, 0.15) is 15.9 Å². The summed E-state index contributed by atoms with van der Waals surface area (Å²) in [5, 5.41) is 28.0. The Morgan fingerprint density at radius 1 is 1.50 bits per heavy atom. The van der Waals surface area contributed by atoms with Crippen LogP contribution in [0.5, 0.6) is 0 Å². The van der Waals surface area contributed by atoms with Crippen LogP contribution in [0.2, 0.25) is 0 Å². The topological polar surface area (TPSA) is 101 Å². The highest BCUT2D eigenvalue weighted by atomic mass is 16.6. The molecule has 0 amide bonds. The van der Waals surface area contributed by atoms with Gasteiger partial charge in [-0.1, -0.05) is 6.07 Å². The van der Waals surface area contributed by atoms with Crippen molar-refractivity contribution < 1.29 is 19.9 Å². The summed E-state index contributed by atoms with van der Waals surface area (Å²) in [6, 6.07) is 3.62. The van der Waals surface area contributed by atoms with Crippen molar-refractivity contribution in [2.24, 2.45) is 0 Å². The van der Waals surface area contributed by atoms with Crippen LogP contribution < -0.4 is 0 Å². The molecule has 0 fully saturated rings.